The Morgan fingerprint density at radius 1 is 1.15 bits per heavy atom. The lowest BCUT2D eigenvalue weighted by molar-refractivity contribution is -0.142. The molecule has 0 spiro atoms. The molecule has 2 aromatic heterocycles. The zero-order valence-electron chi connectivity index (χ0n) is 21.7. The van der Waals surface area contributed by atoms with Crippen molar-refractivity contribution in [2.75, 3.05) is 35.7 Å². The molecule has 10 nitrogen and oxygen atoms in total. The first-order valence-corrected chi connectivity index (χ1v) is 14.9. The highest BCUT2D eigenvalue weighted by molar-refractivity contribution is 7.91. The van der Waals surface area contributed by atoms with Crippen LogP contribution in [0.2, 0.25) is 5.02 Å². The van der Waals surface area contributed by atoms with Gasteiger partial charge >= 0.3 is 5.97 Å². The second-order valence-corrected chi connectivity index (χ2v) is 12.1. The first-order chi connectivity index (χ1) is 19.1. The molecule has 0 aliphatic carbocycles. The molecule has 2 aliphatic heterocycles. The number of piperidine rings is 1. The van der Waals surface area contributed by atoms with Crippen molar-refractivity contribution >= 4 is 44.9 Å². The smallest absolute Gasteiger partial charge is 0.310 e. The highest BCUT2D eigenvalue weighted by Crippen LogP contribution is 2.35. The molecular weight excluding hydrogens is 566 g/mol. The molecule has 212 valence electrons. The molecule has 1 saturated heterocycles. The number of fused-ring (bicyclic) bond motifs is 1. The molecule has 0 atom stereocenters. The maximum Gasteiger partial charge on any atom is 0.310 e. The summed E-state index contributed by atoms with van der Waals surface area (Å²) < 4.78 is 60.4. The summed E-state index contributed by atoms with van der Waals surface area (Å²) in [6, 6.07) is 2.00. The van der Waals surface area contributed by atoms with Gasteiger partial charge in [0.1, 0.15) is 22.4 Å². The van der Waals surface area contributed by atoms with Crippen molar-refractivity contribution in [1.29, 1.82) is 0 Å². The number of sulfone groups is 1. The van der Waals surface area contributed by atoms with E-state index in [2.05, 4.69) is 25.3 Å². The molecule has 0 bridgehead atoms. The van der Waals surface area contributed by atoms with Crippen LogP contribution in [0.4, 0.5) is 26.2 Å². The summed E-state index contributed by atoms with van der Waals surface area (Å²) in [5.41, 5.74) is -0.120. The number of nitrogens with zero attached hydrogens (tertiary/aromatic N) is 5. The number of aryl methyl sites for hydroxylation is 1. The van der Waals surface area contributed by atoms with E-state index in [1.807, 2.05) is 4.90 Å². The van der Waals surface area contributed by atoms with E-state index in [-0.39, 0.29) is 34.7 Å². The van der Waals surface area contributed by atoms with Crippen LogP contribution in [0.5, 0.6) is 0 Å². The number of halogens is 3. The summed E-state index contributed by atoms with van der Waals surface area (Å²) in [7, 11) is -3.72. The van der Waals surface area contributed by atoms with Crippen LogP contribution < -0.4 is 10.2 Å². The largest absolute Gasteiger partial charge is 0.466 e. The Morgan fingerprint density at radius 2 is 1.82 bits per heavy atom. The van der Waals surface area contributed by atoms with Gasteiger partial charge in [0.2, 0.25) is 5.95 Å². The van der Waals surface area contributed by atoms with Gasteiger partial charge in [0.15, 0.2) is 15.7 Å². The molecule has 2 aliphatic rings. The van der Waals surface area contributed by atoms with E-state index >= 15 is 0 Å². The Labute approximate surface area is 235 Å². The number of ether oxygens (including phenoxy) is 1. The van der Waals surface area contributed by atoms with Crippen LogP contribution in [0.3, 0.4) is 0 Å². The third-order valence-electron chi connectivity index (χ3n) is 6.88. The lowest BCUT2D eigenvalue weighted by Gasteiger charge is -2.32. The number of carbonyl (C=O) groups excluding carboxylic acids is 1. The minimum Gasteiger partial charge on any atom is -0.466 e. The molecule has 0 saturated carbocycles. The summed E-state index contributed by atoms with van der Waals surface area (Å²) in [4.78, 5) is 31.4. The predicted molar refractivity (Wildman–Crippen MR) is 144 cm³/mol. The van der Waals surface area contributed by atoms with Crippen molar-refractivity contribution in [1.82, 2.24) is 19.9 Å². The van der Waals surface area contributed by atoms with Crippen LogP contribution in [0, 0.1) is 11.6 Å². The number of anilines is 3. The molecule has 1 fully saturated rings. The first kappa shape index (κ1) is 28.1. The number of hydrogen-bond acceptors (Lipinski definition) is 10. The number of benzene rings is 1. The van der Waals surface area contributed by atoms with Gasteiger partial charge in [-0.25, -0.2) is 32.2 Å². The van der Waals surface area contributed by atoms with Crippen molar-refractivity contribution in [3.05, 3.63) is 58.3 Å². The van der Waals surface area contributed by atoms with E-state index in [4.69, 9.17) is 16.3 Å². The number of nitrogens with one attached hydrogen (secondary N) is 1. The third-order valence-corrected chi connectivity index (χ3v) is 8.95. The average Bonchev–Trinajstić information content (AvgIpc) is 2.91. The van der Waals surface area contributed by atoms with E-state index < -0.39 is 39.4 Å². The molecule has 1 N–H and O–H groups in total. The molecular formula is C26H27ClF2N6O4S. The summed E-state index contributed by atoms with van der Waals surface area (Å²) in [5, 5.41) is 3.27. The predicted octanol–water partition coefficient (Wildman–Crippen LogP) is 4.15. The Balaban J connectivity index is 1.43. The topological polar surface area (TPSA) is 127 Å². The maximum absolute atomic E-state index is 14.8. The summed E-state index contributed by atoms with van der Waals surface area (Å²) in [6.07, 6.45) is 4.85. The van der Waals surface area contributed by atoms with Gasteiger partial charge in [0.25, 0.3) is 0 Å². The van der Waals surface area contributed by atoms with Gasteiger partial charge < -0.3 is 15.0 Å². The van der Waals surface area contributed by atoms with E-state index in [1.54, 1.807) is 19.3 Å². The van der Waals surface area contributed by atoms with E-state index in [0.29, 0.717) is 48.4 Å². The third kappa shape index (κ3) is 5.99. The average molecular weight is 593 g/mol. The molecule has 5 rings (SSSR count). The van der Waals surface area contributed by atoms with Gasteiger partial charge in [-0.15, -0.1) is 0 Å². The number of esters is 1. The van der Waals surface area contributed by atoms with Crippen LogP contribution >= 0.6 is 11.6 Å². The Bertz CT molecular complexity index is 1510. The molecule has 1 aromatic carbocycles. The van der Waals surface area contributed by atoms with Crippen molar-refractivity contribution in [2.24, 2.45) is 0 Å². The lowest BCUT2D eigenvalue weighted by atomic mass is 9.96. The number of rotatable bonds is 7. The summed E-state index contributed by atoms with van der Waals surface area (Å²) >= 11 is 5.90. The highest BCUT2D eigenvalue weighted by atomic mass is 35.5. The monoisotopic (exact) mass is 592 g/mol. The van der Waals surface area contributed by atoms with Crippen molar-refractivity contribution in [3.63, 3.8) is 0 Å². The zero-order valence-corrected chi connectivity index (χ0v) is 23.2. The molecule has 4 heterocycles. The molecule has 0 radical (unpaired) electrons. The normalized spacial score (nSPS) is 16.9. The van der Waals surface area contributed by atoms with Gasteiger partial charge in [-0.05, 0) is 44.7 Å². The first-order valence-electron chi connectivity index (χ1n) is 12.9. The zero-order chi connectivity index (χ0) is 28.4. The van der Waals surface area contributed by atoms with Gasteiger partial charge in [0.05, 0.1) is 29.5 Å². The number of aromatic nitrogens is 4. The minimum atomic E-state index is -3.72. The van der Waals surface area contributed by atoms with Crippen molar-refractivity contribution in [3.8, 4) is 0 Å². The van der Waals surface area contributed by atoms with Crippen LogP contribution in [-0.4, -0.2) is 59.8 Å². The Hall–Kier alpha value is -3.45. The molecule has 3 aromatic rings. The summed E-state index contributed by atoms with van der Waals surface area (Å²) in [5.74, 6) is -1.64. The highest BCUT2D eigenvalue weighted by Gasteiger charge is 2.32. The van der Waals surface area contributed by atoms with E-state index in [9.17, 15) is 22.0 Å². The summed E-state index contributed by atoms with van der Waals surface area (Å²) in [6.45, 7) is 2.84. The van der Waals surface area contributed by atoms with E-state index in [0.717, 1.165) is 25.0 Å². The molecule has 0 amide bonds. The fraction of sp³-hybridized carbons (Fsp3) is 0.423. The standard InChI is InChI=1S/C26H27ClF2N6O4S/c1-2-39-22(36)12-18-19(28)10-17(11-20(18)29)32-25-23-21(4-3-9-40(23,37)38)33-26(34-25)35-7-5-15(6-8-35)24-30-13-16(27)14-31-24/h10-11,13-15H,2-9,12H2,1H3,(H,32,33,34). The van der Waals surface area contributed by atoms with Crippen LogP contribution in [-0.2, 0) is 32.2 Å². The van der Waals surface area contributed by atoms with Crippen molar-refractivity contribution < 1.29 is 26.7 Å². The lowest BCUT2D eigenvalue weighted by Crippen LogP contribution is -2.35. The van der Waals surface area contributed by atoms with Crippen LogP contribution in [0.25, 0.3) is 0 Å². The number of carbonyl (C=O) groups is 1. The Morgan fingerprint density at radius 3 is 2.48 bits per heavy atom. The van der Waals surface area contributed by atoms with Gasteiger partial charge in [-0.2, -0.15) is 4.98 Å². The van der Waals surface area contributed by atoms with Gasteiger partial charge in [-0.1, -0.05) is 11.6 Å². The second kappa shape index (κ2) is 11.6. The quantitative estimate of drug-likeness (QED) is 0.400. The van der Waals surface area contributed by atoms with Gasteiger partial charge in [0, 0.05) is 42.7 Å². The van der Waals surface area contributed by atoms with E-state index in [1.165, 1.54) is 0 Å². The SMILES string of the molecule is CCOC(=O)Cc1c(F)cc(Nc2nc(N3CCC(c4ncc(Cl)cn4)CC3)nc3c2S(=O)(=O)CCC3)cc1F. The van der Waals surface area contributed by atoms with Gasteiger partial charge in [-0.3, -0.25) is 4.79 Å². The molecule has 14 heteroatoms. The van der Waals surface area contributed by atoms with Crippen LogP contribution in [0.15, 0.2) is 29.4 Å². The second-order valence-electron chi connectivity index (χ2n) is 9.62. The fourth-order valence-electron chi connectivity index (χ4n) is 4.95. The molecule has 40 heavy (non-hydrogen) atoms. The fourth-order valence-corrected chi connectivity index (χ4v) is 6.67. The van der Waals surface area contributed by atoms with Crippen LogP contribution in [0.1, 0.15) is 49.2 Å². The molecule has 0 unspecified atom stereocenters. The van der Waals surface area contributed by atoms with Crippen molar-refractivity contribution in [2.45, 2.75) is 49.8 Å². The Kier molecular flexibility index (Phi) is 8.13. The number of hydrogen-bond donors (Lipinski definition) is 1. The maximum atomic E-state index is 14.8. The minimum absolute atomic E-state index is 0.0419.